The smallest absolute Gasteiger partial charge is 0.268 e. The van der Waals surface area contributed by atoms with E-state index in [9.17, 15) is 0 Å². The van der Waals surface area contributed by atoms with E-state index in [1.807, 2.05) is 12.1 Å². The molecule has 1 unspecified atom stereocenters. The number of ether oxygens (including phenoxy) is 1. The number of nitrogens with zero attached hydrogens (tertiary/aromatic N) is 2. The van der Waals surface area contributed by atoms with Gasteiger partial charge in [-0.15, -0.1) is 11.3 Å². The summed E-state index contributed by atoms with van der Waals surface area (Å²) in [6.07, 6.45) is 3.17. The summed E-state index contributed by atoms with van der Waals surface area (Å²) >= 11 is 1.45. The van der Waals surface area contributed by atoms with Crippen LogP contribution in [0.25, 0.3) is 10.8 Å². The number of nitrogen functional groups attached to an aromatic ring is 1. The van der Waals surface area contributed by atoms with Gasteiger partial charge in [-0.25, -0.2) is 0 Å². The summed E-state index contributed by atoms with van der Waals surface area (Å²) in [7, 11) is 0. The number of aromatic nitrogens is 2. The summed E-state index contributed by atoms with van der Waals surface area (Å²) in [4.78, 5) is 5.27. The fourth-order valence-corrected chi connectivity index (χ4v) is 2.61. The Kier molecular flexibility index (Phi) is 2.82. The molecule has 1 saturated heterocycles. The van der Waals surface area contributed by atoms with Gasteiger partial charge in [0.2, 0.25) is 0 Å². The van der Waals surface area contributed by atoms with E-state index in [0.29, 0.717) is 11.7 Å². The van der Waals surface area contributed by atoms with Gasteiger partial charge in [0.05, 0.1) is 16.0 Å². The minimum Gasteiger partial charge on any atom is -0.391 e. The van der Waals surface area contributed by atoms with Crippen molar-refractivity contribution < 1.29 is 9.26 Å². The highest BCUT2D eigenvalue weighted by Crippen LogP contribution is 2.28. The van der Waals surface area contributed by atoms with Crippen LogP contribution < -0.4 is 5.73 Å². The number of hydrogen-bond donors (Lipinski definition) is 1. The van der Waals surface area contributed by atoms with Gasteiger partial charge in [0.1, 0.15) is 0 Å². The fraction of sp³-hybridized carbons (Fsp3) is 0.455. The van der Waals surface area contributed by atoms with Gasteiger partial charge in [0, 0.05) is 13.0 Å². The summed E-state index contributed by atoms with van der Waals surface area (Å²) in [5, 5.41) is 4.71. The highest BCUT2D eigenvalue weighted by molar-refractivity contribution is 7.19. The predicted octanol–water partition coefficient (Wildman–Crippen LogP) is 2.10. The quantitative estimate of drug-likeness (QED) is 0.904. The molecule has 1 aliphatic heterocycles. The van der Waals surface area contributed by atoms with Gasteiger partial charge < -0.3 is 15.0 Å². The van der Waals surface area contributed by atoms with Crippen LogP contribution >= 0.6 is 11.3 Å². The zero-order valence-electron chi connectivity index (χ0n) is 9.26. The molecule has 2 aromatic heterocycles. The minimum atomic E-state index is 0.244. The summed E-state index contributed by atoms with van der Waals surface area (Å²) in [6, 6.07) is 3.73. The Morgan fingerprint density at radius 3 is 3.12 bits per heavy atom. The van der Waals surface area contributed by atoms with E-state index in [-0.39, 0.29) is 6.10 Å². The SMILES string of the molecule is Nc1ccc(-c2nc(CC3CCCO3)no2)s1. The van der Waals surface area contributed by atoms with Crippen LogP contribution in [0.15, 0.2) is 16.7 Å². The standard InChI is InChI=1S/C11H13N3O2S/c12-9-4-3-8(17-9)11-13-10(14-16-11)6-7-2-1-5-15-7/h3-4,7H,1-2,5-6,12H2. The van der Waals surface area contributed by atoms with E-state index in [0.717, 1.165) is 35.7 Å². The number of thiophene rings is 1. The largest absolute Gasteiger partial charge is 0.391 e. The highest BCUT2D eigenvalue weighted by Gasteiger charge is 2.19. The molecule has 5 nitrogen and oxygen atoms in total. The first kappa shape index (κ1) is 10.7. The van der Waals surface area contributed by atoms with Crippen molar-refractivity contribution in [1.29, 1.82) is 0 Å². The van der Waals surface area contributed by atoms with E-state index in [1.165, 1.54) is 11.3 Å². The molecule has 0 radical (unpaired) electrons. The van der Waals surface area contributed by atoms with Gasteiger partial charge >= 0.3 is 0 Å². The van der Waals surface area contributed by atoms with E-state index < -0.39 is 0 Å². The second-order valence-corrected chi connectivity index (χ2v) is 5.17. The second kappa shape index (κ2) is 4.46. The lowest BCUT2D eigenvalue weighted by atomic mass is 10.2. The molecule has 1 fully saturated rings. The Hall–Kier alpha value is -1.40. The summed E-state index contributed by atoms with van der Waals surface area (Å²) in [5.41, 5.74) is 5.66. The van der Waals surface area contributed by atoms with Crippen LogP contribution in [0.4, 0.5) is 5.00 Å². The van der Waals surface area contributed by atoms with Crippen molar-refractivity contribution in [3.63, 3.8) is 0 Å². The van der Waals surface area contributed by atoms with Crippen molar-refractivity contribution in [3.8, 4) is 10.8 Å². The van der Waals surface area contributed by atoms with Crippen LogP contribution in [0.5, 0.6) is 0 Å². The lowest BCUT2D eigenvalue weighted by Gasteiger charge is -2.03. The molecule has 3 heterocycles. The number of nitrogens with two attached hydrogens (primary N) is 1. The van der Waals surface area contributed by atoms with Crippen molar-refractivity contribution >= 4 is 16.3 Å². The van der Waals surface area contributed by atoms with Crippen molar-refractivity contribution in [3.05, 3.63) is 18.0 Å². The minimum absolute atomic E-state index is 0.244. The first-order chi connectivity index (χ1) is 8.31. The molecule has 90 valence electrons. The molecule has 6 heteroatoms. The molecule has 3 rings (SSSR count). The first-order valence-corrected chi connectivity index (χ1v) is 6.43. The van der Waals surface area contributed by atoms with E-state index >= 15 is 0 Å². The predicted molar refractivity (Wildman–Crippen MR) is 64.7 cm³/mol. The molecular weight excluding hydrogens is 238 g/mol. The molecule has 0 bridgehead atoms. The molecule has 0 aliphatic carbocycles. The van der Waals surface area contributed by atoms with Crippen LogP contribution in [-0.2, 0) is 11.2 Å². The molecule has 0 amide bonds. The Balaban J connectivity index is 1.73. The average Bonchev–Trinajstić information content (AvgIpc) is 2.99. The third-order valence-electron chi connectivity index (χ3n) is 2.74. The maximum Gasteiger partial charge on any atom is 0.268 e. The van der Waals surface area contributed by atoms with Crippen LogP contribution in [0, 0.1) is 0 Å². The van der Waals surface area contributed by atoms with Crippen LogP contribution in [-0.4, -0.2) is 22.9 Å². The molecule has 0 aromatic carbocycles. The summed E-state index contributed by atoms with van der Waals surface area (Å²) < 4.78 is 10.7. The van der Waals surface area contributed by atoms with E-state index in [4.69, 9.17) is 15.0 Å². The Labute approximate surface area is 103 Å². The van der Waals surface area contributed by atoms with Crippen LogP contribution in [0.2, 0.25) is 0 Å². The maximum absolute atomic E-state index is 5.66. The second-order valence-electron chi connectivity index (χ2n) is 4.06. The number of hydrogen-bond acceptors (Lipinski definition) is 6. The van der Waals surface area contributed by atoms with Crippen molar-refractivity contribution in [2.45, 2.75) is 25.4 Å². The monoisotopic (exact) mass is 251 g/mol. The molecule has 2 N–H and O–H groups in total. The van der Waals surface area contributed by atoms with Crippen molar-refractivity contribution in [2.24, 2.45) is 0 Å². The molecule has 0 spiro atoms. The van der Waals surface area contributed by atoms with Gasteiger partial charge in [-0.2, -0.15) is 4.98 Å². The normalized spacial score (nSPS) is 19.9. The maximum atomic E-state index is 5.66. The van der Waals surface area contributed by atoms with E-state index in [2.05, 4.69) is 10.1 Å². The van der Waals surface area contributed by atoms with Gasteiger partial charge in [0.25, 0.3) is 5.89 Å². The van der Waals surface area contributed by atoms with Gasteiger partial charge in [-0.3, -0.25) is 0 Å². The third-order valence-corrected chi connectivity index (χ3v) is 3.64. The molecule has 1 atom stereocenters. The average molecular weight is 251 g/mol. The summed E-state index contributed by atoms with van der Waals surface area (Å²) in [5.74, 6) is 1.25. The zero-order chi connectivity index (χ0) is 11.7. The summed E-state index contributed by atoms with van der Waals surface area (Å²) in [6.45, 7) is 0.844. The Bertz CT molecular complexity index is 502. The lowest BCUT2D eigenvalue weighted by Crippen LogP contribution is -2.09. The number of anilines is 1. The molecular formula is C11H13N3O2S. The highest BCUT2D eigenvalue weighted by atomic mass is 32.1. The molecule has 0 saturated carbocycles. The van der Waals surface area contributed by atoms with Gasteiger partial charge in [-0.05, 0) is 25.0 Å². The van der Waals surface area contributed by atoms with Crippen molar-refractivity contribution in [2.75, 3.05) is 12.3 Å². The Morgan fingerprint density at radius 1 is 1.47 bits per heavy atom. The first-order valence-electron chi connectivity index (χ1n) is 5.61. The van der Waals surface area contributed by atoms with Crippen LogP contribution in [0.3, 0.4) is 0 Å². The lowest BCUT2D eigenvalue weighted by molar-refractivity contribution is 0.109. The third kappa shape index (κ3) is 2.32. The van der Waals surface area contributed by atoms with Crippen molar-refractivity contribution in [1.82, 2.24) is 10.1 Å². The molecule has 17 heavy (non-hydrogen) atoms. The van der Waals surface area contributed by atoms with E-state index in [1.54, 1.807) is 0 Å². The molecule has 1 aliphatic rings. The van der Waals surface area contributed by atoms with Gasteiger partial charge in [0.15, 0.2) is 5.82 Å². The number of rotatable bonds is 3. The van der Waals surface area contributed by atoms with Crippen LogP contribution in [0.1, 0.15) is 18.7 Å². The van der Waals surface area contributed by atoms with Gasteiger partial charge in [-0.1, -0.05) is 5.16 Å². The molecule has 2 aromatic rings. The zero-order valence-corrected chi connectivity index (χ0v) is 10.1. The fourth-order valence-electron chi connectivity index (χ4n) is 1.91. The Morgan fingerprint density at radius 2 is 2.41 bits per heavy atom. The topological polar surface area (TPSA) is 74.2 Å².